The van der Waals surface area contributed by atoms with Crippen LogP contribution in [0.2, 0.25) is 0 Å². The van der Waals surface area contributed by atoms with Crippen molar-refractivity contribution in [1.29, 1.82) is 0 Å². The van der Waals surface area contributed by atoms with Gasteiger partial charge in [-0.3, -0.25) is 9.59 Å². The van der Waals surface area contributed by atoms with E-state index in [-0.39, 0.29) is 18.1 Å². The molecule has 11 heteroatoms. The molecule has 0 unspecified atom stereocenters. The van der Waals surface area contributed by atoms with E-state index in [1.54, 1.807) is 58.5 Å². The highest BCUT2D eigenvalue weighted by atomic mass is 16.5. The lowest BCUT2D eigenvalue weighted by atomic mass is 9.98. The molecule has 3 aromatic rings. The smallest absolute Gasteiger partial charge is 0.262 e. The van der Waals surface area contributed by atoms with Gasteiger partial charge in [0.05, 0.1) is 17.1 Å². The fraction of sp³-hybridized carbons (Fsp3) is 0.364. The van der Waals surface area contributed by atoms with Gasteiger partial charge < -0.3 is 24.7 Å². The SMILES string of the molecule is C[C@@H](Nc1nccc(-c2cccc(-c3cc([C@]4(O)CCN(C)C4=O)on3)n2)n1)C(=O)N(C)C. The molecule has 2 amide bonds. The fourth-order valence-electron chi connectivity index (χ4n) is 3.61. The number of hydrogen-bond acceptors (Lipinski definition) is 9. The zero-order valence-electron chi connectivity index (χ0n) is 18.8. The predicted molar refractivity (Wildman–Crippen MR) is 119 cm³/mol. The van der Waals surface area contributed by atoms with Crippen LogP contribution in [0.4, 0.5) is 5.95 Å². The molecule has 2 atom stereocenters. The number of pyridine rings is 1. The molecular weight excluding hydrogens is 426 g/mol. The number of rotatable bonds is 6. The molecule has 1 fully saturated rings. The van der Waals surface area contributed by atoms with Crippen LogP contribution in [0.15, 0.2) is 41.1 Å². The number of nitrogens with zero attached hydrogens (tertiary/aromatic N) is 6. The molecular formula is C22H25N7O4. The molecule has 0 bridgehead atoms. The summed E-state index contributed by atoms with van der Waals surface area (Å²) in [6.45, 7) is 2.17. The number of carbonyl (C=O) groups is 2. The summed E-state index contributed by atoms with van der Waals surface area (Å²) in [7, 11) is 4.99. The number of likely N-dealkylation sites (tertiary alicyclic amines) is 1. The average molecular weight is 451 g/mol. The summed E-state index contributed by atoms with van der Waals surface area (Å²) in [5.74, 6) is -0.126. The van der Waals surface area contributed by atoms with E-state index in [4.69, 9.17) is 4.52 Å². The maximum Gasteiger partial charge on any atom is 0.262 e. The van der Waals surface area contributed by atoms with Crippen LogP contribution in [0.1, 0.15) is 19.1 Å². The van der Waals surface area contributed by atoms with Gasteiger partial charge in [0.1, 0.15) is 11.7 Å². The Labute approximate surface area is 190 Å². The van der Waals surface area contributed by atoms with Crippen molar-refractivity contribution in [2.75, 3.05) is 33.0 Å². The number of likely N-dealkylation sites (N-methyl/N-ethyl adjacent to an activating group) is 2. The molecule has 172 valence electrons. The van der Waals surface area contributed by atoms with Crippen molar-refractivity contribution in [1.82, 2.24) is 29.9 Å². The highest BCUT2D eigenvalue weighted by Gasteiger charge is 2.48. The second-order valence-corrected chi connectivity index (χ2v) is 8.19. The standard InChI is InChI=1S/C22H25N7O4/c1-13(19(30)28(2)3)24-21-23-10-8-16(26-21)14-6-5-7-15(25-14)17-12-18(33-27-17)22(32)9-11-29(4)20(22)31/h5-8,10,12-13,32H,9,11H2,1-4H3,(H,23,24,26)/t13-,22-/m1/s1. The van der Waals surface area contributed by atoms with E-state index in [2.05, 4.69) is 25.4 Å². The van der Waals surface area contributed by atoms with Gasteiger partial charge in [-0.1, -0.05) is 11.2 Å². The van der Waals surface area contributed by atoms with Crippen LogP contribution in [-0.4, -0.2) is 80.6 Å². The zero-order valence-corrected chi connectivity index (χ0v) is 18.8. The highest BCUT2D eigenvalue weighted by Crippen LogP contribution is 2.34. The van der Waals surface area contributed by atoms with Crippen LogP contribution < -0.4 is 5.32 Å². The number of hydrogen-bond donors (Lipinski definition) is 2. The molecule has 1 aliphatic rings. The number of carbonyl (C=O) groups excluding carboxylic acids is 2. The van der Waals surface area contributed by atoms with Crippen molar-refractivity contribution >= 4 is 17.8 Å². The normalized spacial score (nSPS) is 18.9. The minimum atomic E-state index is -1.72. The minimum absolute atomic E-state index is 0.0899. The summed E-state index contributed by atoms with van der Waals surface area (Å²) in [5, 5.41) is 17.8. The van der Waals surface area contributed by atoms with Crippen LogP contribution in [0, 0.1) is 0 Å². The zero-order chi connectivity index (χ0) is 23.8. The molecule has 0 spiro atoms. The molecule has 1 aliphatic heterocycles. The molecule has 0 aromatic carbocycles. The Morgan fingerprint density at radius 2 is 1.91 bits per heavy atom. The van der Waals surface area contributed by atoms with Gasteiger partial charge in [-0.2, -0.15) is 0 Å². The molecule has 33 heavy (non-hydrogen) atoms. The van der Waals surface area contributed by atoms with Crippen molar-refractivity contribution < 1.29 is 19.2 Å². The topological polar surface area (TPSA) is 138 Å². The van der Waals surface area contributed by atoms with E-state index in [1.165, 1.54) is 15.9 Å². The molecule has 4 rings (SSSR count). The molecule has 1 saturated heterocycles. The number of amides is 2. The maximum atomic E-state index is 12.3. The van der Waals surface area contributed by atoms with Gasteiger partial charge in [-0.15, -0.1) is 0 Å². The van der Waals surface area contributed by atoms with Gasteiger partial charge in [-0.05, 0) is 25.1 Å². The van der Waals surface area contributed by atoms with Gasteiger partial charge in [0, 0.05) is 46.4 Å². The van der Waals surface area contributed by atoms with Gasteiger partial charge in [-0.25, -0.2) is 15.0 Å². The average Bonchev–Trinajstić information content (AvgIpc) is 3.41. The van der Waals surface area contributed by atoms with Gasteiger partial charge >= 0.3 is 0 Å². The molecule has 0 radical (unpaired) electrons. The van der Waals surface area contributed by atoms with E-state index in [1.807, 2.05) is 0 Å². The summed E-state index contributed by atoms with van der Waals surface area (Å²) < 4.78 is 5.32. The Balaban J connectivity index is 1.58. The molecule has 3 aromatic heterocycles. The lowest BCUT2D eigenvalue weighted by molar-refractivity contribution is -0.144. The maximum absolute atomic E-state index is 12.3. The number of nitrogens with one attached hydrogen (secondary N) is 1. The first-order chi connectivity index (χ1) is 15.7. The summed E-state index contributed by atoms with van der Waals surface area (Å²) in [6.07, 6.45) is 1.81. The van der Waals surface area contributed by atoms with Gasteiger partial charge in [0.2, 0.25) is 17.5 Å². The minimum Gasteiger partial charge on any atom is -0.373 e. The van der Waals surface area contributed by atoms with Gasteiger partial charge in [0.25, 0.3) is 5.91 Å². The van der Waals surface area contributed by atoms with E-state index < -0.39 is 17.6 Å². The monoisotopic (exact) mass is 451 g/mol. The molecule has 2 N–H and O–H groups in total. The summed E-state index contributed by atoms with van der Waals surface area (Å²) in [5.41, 5.74) is 0.276. The Morgan fingerprint density at radius 3 is 2.58 bits per heavy atom. The Kier molecular flexibility index (Phi) is 5.81. The lowest BCUT2D eigenvalue weighted by Crippen LogP contribution is -2.37. The van der Waals surface area contributed by atoms with Crippen LogP contribution in [0.25, 0.3) is 22.8 Å². The van der Waals surface area contributed by atoms with E-state index in [9.17, 15) is 14.7 Å². The molecule has 11 nitrogen and oxygen atoms in total. The van der Waals surface area contributed by atoms with Gasteiger partial charge in [0.15, 0.2) is 5.76 Å². The summed E-state index contributed by atoms with van der Waals surface area (Å²) in [4.78, 5) is 40.6. The second-order valence-electron chi connectivity index (χ2n) is 8.19. The number of anilines is 1. The molecule has 0 aliphatic carbocycles. The first-order valence-corrected chi connectivity index (χ1v) is 10.4. The van der Waals surface area contributed by atoms with Crippen LogP contribution in [0.5, 0.6) is 0 Å². The van der Waals surface area contributed by atoms with E-state index in [0.29, 0.717) is 35.3 Å². The second kappa shape index (κ2) is 8.58. The Morgan fingerprint density at radius 1 is 1.21 bits per heavy atom. The van der Waals surface area contributed by atoms with Crippen molar-refractivity contribution in [3.8, 4) is 22.8 Å². The Bertz CT molecular complexity index is 1190. The Hall–Kier alpha value is -3.86. The van der Waals surface area contributed by atoms with Crippen molar-refractivity contribution in [3.05, 3.63) is 42.3 Å². The van der Waals surface area contributed by atoms with Crippen LogP contribution in [0.3, 0.4) is 0 Å². The van der Waals surface area contributed by atoms with Crippen molar-refractivity contribution in [2.24, 2.45) is 0 Å². The molecule has 4 heterocycles. The first kappa shape index (κ1) is 22.3. The largest absolute Gasteiger partial charge is 0.373 e. The third-order valence-electron chi connectivity index (χ3n) is 5.51. The molecule has 0 saturated carbocycles. The number of aromatic nitrogens is 4. The third-order valence-corrected chi connectivity index (χ3v) is 5.51. The summed E-state index contributed by atoms with van der Waals surface area (Å²) in [6, 6.07) is 8.07. The van der Waals surface area contributed by atoms with E-state index >= 15 is 0 Å². The quantitative estimate of drug-likeness (QED) is 0.565. The third kappa shape index (κ3) is 4.27. The van der Waals surface area contributed by atoms with Crippen LogP contribution >= 0.6 is 0 Å². The van der Waals surface area contributed by atoms with Crippen LogP contribution in [-0.2, 0) is 15.2 Å². The fourth-order valence-corrected chi connectivity index (χ4v) is 3.61. The van der Waals surface area contributed by atoms with Crippen molar-refractivity contribution in [3.63, 3.8) is 0 Å². The highest BCUT2D eigenvalue weighted by molar-refractivity contribution is 5.87. The van der Waals surface area contributed by atoms with Crippen molar-refractivity contribution in [2.45, 2.75) is 25.0 Å². The predicted octanol–water partition coefficient (Wildman–Crippen LogP) is 1.13. The lowest BCUT2D eigenvalue weighted by Gasteiger charge is -2.18. The number of aliphatic hydroxyl groups is 1. The summed E-state index contributed by atoms with van der Waals surface area (Å²) >= 11 is 0. The first-order valence-electron chi connectivity index (χ1n) is 10.4. The van der Waals surface area contributed by atoms with E-state index in [0.717, 1.165) is 0 Å².